The van der Waals surface area contributed by atoms with Crippen molar-refractivity contribution in [2.75, 3.05) is 5.32 Å². The van der Waals surface area contributed by atoms with Crippen molar-refractivity contribution < 1.29 is 4.79 Å². The first-order chi connectivity index (χ1) is 9.47. The number of rotatable bonds is 4. The molecule has 2 aromatic heterocycles. The third-order valence-electron chi connectivity index (χ3n) is 3.36. The summed E-state index contributed by atoms with van der Waals surface area (Å²) in [6.45, 7) is 7.89. The zero-order valence-electron chi connectivity index (χ0n) is 12.3. The van der Waals surface area contributed by atoms with Crippen LogP contribution in [0.3, 0.4) is 0 Å². The van der Waals surface area contributed by atoms with Gasteiger partial charge in [0, 0.05) is 17.8 Å². The molecule has 0 radical (unpaired) electrons. The molecule has 0 saturated heterocycles. The topological polar surface area (TPSA) is 70.7 Å². The monoisotopic (exact) mass is 272 g/mol. The molecule has 0 saturated carbocycles. The Morgan fingerprint density at radius 2 is 2.10 bits per heavy atom. The number of anilines is 1. The molecule has 0 aliphatic carbocycles. The summed E-state index contributed by atoms with van der Waals surface area (Å²) >= 11 is 0. The van der Waals surface area contributed by atoms with Crippen LogP contribution in [0.5, 0.6) is 0 Å². The van der Waals surface area contributed by atoms with E-state index in [2.05, 4.69) is 20.5 Å². The predicted octanol–water partition coefficient (Wildman–Crippen LogP) is 2.86. The van der Waals surface area contributed by atoms with Gasteiger partial charge < -0.3 is 5.32 Å². The minimum absolute atomic E-state index is 0.0110. The van der Waals surface area contributed by atoms with Gasteiger partial charge in [0.15, 0.2) is 0 Å². The van der Waals surface area contributed by atoms with Gasteiger partial charge in [0.25, 0.3) is 0 Å². The number of nitrogens with zero attached hydrogens (tertiary/aromatic N) is 2. The second-order valence-electron chi connectivity index (χ2n) is 5.19. The van der Waals surface area contributed by atoms with Crippen LogP contribution in [0.15, 0.2) is 18.3 Å². The molecular weight excluding hydrogens is 252 g/mol. The third kappa shape index (κ3) is 3.23. The lowest BCUT2D eigenvalue weighted by molar-refractivity contribution is -0.116. The molecule has 1 amide bonds. The fourth-order valence-corrected chi connectivity index (χ4v) is 2.42. The highest BCUT2D eigenvalue weighted by atomic mass is 16.1. The summed E-state index contributed by atoms with van der Waals surface area (Å²) in [6.07, 6.45) is 2.10. The van der Waals surface area contributed by atoms with E-state index in [0.717, 1.165) is 28.3 Å². The lowest BCUT2D eigenvalue weighted by atomic mass is 9.95. The maximum absolute atomic E-state index is 12.1. The van der Waals surface area contributed by atoms with Gasteiger partial charge in [0.1, 0.15) is 0 Å². The van der Waals surface area contributed by atoms with Crippen molar-refractivity contribution >= 4 is 11.6 Å². The smallest absolute Gasteiger partial charge is 0.225 e. The number of carbonyl (C=O) groups excluding carboxylic acids is 1. The second-order valence-corrected chi connectivity index (χ2v) is 5.19. The SMILES string of the molecule is Cc1ccc(NC(=O)CC(C)c2c(C)n[nH]c2C)cn1. The maximum atomic E-state index is 12.1. The van der Waals surface area contributed by atoms with E-state index in [4.69, 9.17) is 0 Å². The average Bonchev–Trinajstić information content (AvgIpc) is 2.72. The molecule has 0 bridgehead atoms. The first-order valence-corrected chi connectivity index (χ1v) is 6.71. The van der Waals surface area contributed by atoms with Gasteiger partial charge in [-0.15, -0.1) is 0 Å². The van der Waals surface area contributed by atoms with Gasteiger partial charge in [-0.2, -0.15) is 5.10 Å². The predicted molar refractivity (Wildman–Crippen MR) is 78.7 cm³/mol. The number of H-pyrrole nitrogens is 1. The Morgan fingerprint density at radius 1 is 1.35 bits per heavy atom. The van der Waals surface area contributed by atoms with E-state index in [1.165, 1.54) is 0 Å². The molecule has 0 spiro atoms. The highest BCUT2D eigenvalue weighted by Crippen LogP contribution is 2.24. The van der Waals surface area contributed by atoms with E-state index in [0.29, 0.717) is 6.42 Å². The molecule has 2 N–H and O–H groups in total. The highest BCUT2D eigenvalue weighted by molar-refractivity contribution is 5.91. The Labute approximate surface area is 118 Å². The first-order valence-electron chi connectivity index (χ1n) is 6.71. The Bertz CT molecular complexity index is 581. The Balaban J connectivity index is 1.99. The van der Waals surface area contributed by atoms with Crippen LogP contribution < -0.4 is 5.32 Å². The molecule has 5 nitrogen and oxygen atoms in total. The Morgan fingerprint density at radius 3 is 2.65 bits per heavy atom. The molecule has 0 aliphatic heterocycles. The second kappa shape index (κ2) is 5.86. The minimum atomic E-state index is -0.0110. The summed E-state index contributed by atoms with van der Waals surface area (Å²) in [5.41, 5.74) is 4.77. The van der Waals surface area contributed by atoms with Crippen LogP contribution in [-0.4, -0.2) is 21.1 Å². The number of amides is 1. The molecule has 106 valence electrons. The van der Waals surface area contributed by atoms with Crippen molar-refractivity contribution in [3.05, 3.63) is 41.0 Å². The number of hydrogen-bond donors (Lipinski definition) is 2. The zero-order chi connectivity index (χ0) is 14.7. The fraction of sp³-hybridized carbons (Fsp3) is 0.400. The number of pyridine rings is 1. The van der Waals surface area contributed by atoms with Crippen molar-refractivity contribution in [1.82, 2.24) is 15.2 Å². The van der Waals surface area contributed by atoms with Crippen LogP contribution in [0.2, 0.25) is 0 Å². The van der Waals surface area contributed by atoms with E-state index < -0.39 is 0 Å². The molecule has 0 aromatic carbocycles. The van der Waals surface area contributed by atoms with Crippen LogP contribution in [0, 0.1) is 20.8 Å². The Hall–Kier alpha value is -2.17. The summed E-state index contributed by atoms with van der Waals surface area (Å²) < 4.78 is 0. The van der Waals surface area contributed by atoms with Gasteiger partial charge in [-0.3, -0.25) is 14.9 Å². The van der Waals surface area contributed by atoms with Gasteiger partial charge in [0.2, 0.25) is 5.91 Å². The highest BCUT2D eigenvalue weighted by Gasteiger charge is 2.17. The van der Waals surface area contributed by atoms with Crippen molar-refractivity contribution in [3.63, 3.8) is 0 Å². The summed E-state index contributed by atoms with van der Waals surface area (Å²) in [7, 11) is 0. The van der Waals surface area contributed by atoms with E-state index >= 15 is 0 Å². The number of aryl methyl sites for hydroxylation is 3. The van der Waals surface area contributed by atoms with Gasteiger partial charge in [-0.1, -0.05) is 6.92 Å². The number of aromatic nitrogens is 3. The number of nitrogens with one attached hydrogen (secondary N) is 2. The molecule has 2 heterocycles. The minimum Gasteiger partial charge on any atom is -0.325 e. The number of aromatic amines is 1. The van der Waals surface area contributed by atoms with Crippen molar-refractivity contribution in [1.29, 1.82) is 0 Å². The van der Waals surface area contributed by atoms with Gasteiger partial charge in [0.05, 0.1) is 17.6 Å². The summed E-state index contributed by atoms with van der Waals surface area (Å²) in [4.78, 5) is 16.2. The van der Waals surface area contributed by atoms with Crippen molar-refractivity contribution in [2.45, 2.75) is 40.0 Å². The lowest BCUT2D eigenvalue weighted by Gasteiger charge is -2.12. The largest absolute Gasteiger partial charge is 0.325 e. The van der Waals surface area contributed by atoms with Crippen LogP contribution in [0.4, 0.5) is 5.69 Å². The third-order valence-corrected chi connectivity index (χ3v) is 3.36. The molecule has 0 fully saturated rings. The van der Waals surface area contributed by atoms with Crippen LogP contribution in [0.1, 0.15) is 41.9 Å². The van der Waals surface area contributed by atoms with Gasteiger partial charge >= 0.3 is 0 Å². The molecule has 5 heteroatoms. The quantitative estimate of drug-likeness (QED) is 0.899. The van der Waals surface area contributed by atoms with Crippen molar-refractivity contribution in [3.8, 4) is 0 Å². The maximum Gasteiger partial charge on any atom is 0.225 e. The van der Waals surface area contributed by atoms with E-state index in [1.807, 2.05) is 39.8 Å². The van der Waals surface area contributed by atoms with Crippen LogP contribution in [-0.2, 0) is 4.79 Å². The summed E-state index contributed by atoms with van der Waals surface area (Å²) in [5.74, 6) is 0.121. The standard InChI is InChI=1S/C15H20N4O/c1-9(15-11(3)18-19-12(15)4)7-14(20)17-13-6-5-10(2)16-8-13/h5-6,8-9H,7H2,1-4H3,(H,17,20)(H,18,19). The lowest BCUT2D eigenvalue weighted by Crippen LogP contribution is -2.15. The van der Waals surface area contributed by atoms with Gasteiger partial charge in [-0.25, -0.2) is 0 Å². The molecular formula is C15H20N4O. The molecule has 20 heavy (non-hydrogen) atoms. The van der Waals surface area contributed by atoms with E-state index in [-0.39, 0.29) is 11.8 Å². The molecule has 2 rings (SSSR count). The van der Waals surface area contributed by atoms with Crippen LogP contribution >= 0.6 is 0 Å². The summed E-state index contributed by atoms with van der Waals surface area (Å²) in [6, 6.07) is 3.74. The molecule has 0 aliphatic rings. The summed E-state index contributed by atoms with van der Waals surface area (Å²) in [5, 5.41) is 10.00. The number of carbonyl (C=O) groups is 1. The number of hydrogen-bond acceptors (Lipinski definition) is 3. The first kappa shape index (κ1) is 14.2. The Kier molecular flexibility index (Phi) is 4.17. The average molecular weight is 272 g/mol. The fourth-order valence-electron chi connectivity index (χ4n) is 2.42. The molecule has 2 aromatic rings. The van der Waals surface area contributed by atoms with E-state index in [1.54, 1.807) is 6.20 Å². The molecule has 1 unspecified atom stereocenters. The zero-order valence-corrected chi connectivity index (χ0v) is 12.3. The normalized spacial score (nSPS) is 12.2. The van der Waals surface area contributed by atoms with Crippen LogP contribution in [0.25, 0.3) is 0 Å². The molecule has 1 atom stereocenters. The van der Waals surface area contributed by atoms with Gasteiger partial charge in [-0.05, 0) is 44.4 Å². The van der Waals surface area contributed by atoms with E-state index in [9.17, 15) is 4.79 Å². The van der Waals surface area contributed by atoms with Crippen molar-refractivity contribution in [2.24, 2.45) is 0 Å².